The standard InChI is InChI=1S/C16H23NO3/c1-11-7-13(9-14(19)8-11)16(20)17-15-6-4-2-3-5-12(15)10-18/h7-9,12,15,18-19H,2-6,10H2,1H3,(H,17,20)/t12-,15+/m0/s1. The molecule has 1 saturated carbocycles. The number of carbonyl (C=O) groups is 1. The molecule has 2 atom stereocenters. The minimum absolute atomic E-state index is 0.0256. The summed E-state index contributed by atoms with van der Waals surface area (Å²) >= 11 is 0. The molecule has 1 aromatic carbocycles. The lowest BCUT2D eigenvalue weighted by atomic mass is 9.95. The largest absolute Gasteiger partial charge is 0.508 e. The third-order valence-corrected chi connectivity index (χ3v) is 4.03. The number of phenolic OH excluding ortho intramolecular Hbond substituents is 1. The molecule has 4 nitrogen and oxygen atoms in total. The maximum absolute atomic E-state index is 12.3. The Kier molecular flexibility index (Phi) is 5.01. The maximum Gasteiger partial charge on any atom is 0.251 e. The summed E-state index contributed by atoms with van der Waals surface area (Å²) < 4.78 is 0. The number of aryl methyl sites for hydroxylation is 1. The van der Waals surface area contributed by atoms with E-state index in [4.69, 9.17) is 0 Å². The Morgan fingerprint density at radius 1 is 1.25 bits per heavy atom. The molecule has 1 aromatic rings. The van der Waals surface area contributed by atoms with Crippen LogP contribution in [0.4, 0.5) is 0 Å². The van der Waals surface area contributed by atoms with Gasteiger partial charge in [0.15, 0.2) is 0 Å². The average Bonchev–Trinajstić information content (AvgIpc) is 2.62. The summed E-state index contributed by atoms with van der Waals surface area (Å²) in [5, 5.41) is 22.1. The van der Waals surface area contributed by atoms with Crippen molar-refractivity contribution in [3.05, 3.63) is 29.3 Å². The van der Waals surface area contributed by atoms with E-state index in [1.54, 1.807) is 12.1 Å². The van der Waals surface area contributed by atoms with Crippen molar-refractivity contribution in [1.82, 2.24) is 5.32 Å². The van der Waals surface area contributed by atoms with Gasteiger partial charge in [-0.3, -0.25) is 4.79 Å². The van der Waals surface area contributed by atoms with Crippen LogP contribution >= 0.6 is 0 Å². The number of nitrogens with one attached hydrogen (secondary N) is 1. The normalized spacial score (nSPS) is 23.1. The van der Waals surface area contributed by atoms with Crippen LogP contribution in [0.15, 0.2) is 18.2 Å². The summed E-state index contributed by atoms with van der Waals surface area (Å²) in [4.78, 5) is 12.3. The highest BCUT2D eigenvalue weighted by Crippen LogP contribution is 2.24. The number of amides is 1. The van der Waals surface area contributed by atoms with Crippen molar-refractivity contribution in [3.63, 3.8) is 0 Å². The third kappa shape index (κ3) is 3.73. The van der Waals surface area contributed by atoms with Gasteiger partial charge in [-0.1, -0.05) is 19.3 Å². The Hall–Kier alpha value is -1.55. The lowest BCUT2D eigenvalue weighted by molar-refractivity contribution is 0.0899. The van der Waals surface area contributed by atoms with Crippen LogP contribution in [0, 0.1) is 12.8 Å². The molecular formula is C16H23NO3. The number of phenols is 1. The van der Waals surface area contributed by atoms with Gasteiger partial charge in [0, 0.05) is 24.1 Å². The lowest BCUT2D eigenvalue weighted by Gasteiger charge is -2.24. The second kappa shape index (κ2) is 6.75. The average molecular weight is 277 g/mol. The number of aliphatic hydroxyl groups is 1. The molecule has 2 rings (SSSR count). The molecule has 0 spiro atoms. The summed E-state index contributed by atoms with van der Waals surface area (Å²) in [6, 6.07) is 4.89. The molecule has 3 N–H and O–H groups in total. The minimum Gasteiger partial charge on any atom is -0.508 e. The first-order valence-corrected chi connectivity index (χ1v) is 7.32. The monoisotopic (exact) mass is 277 g/mol. The van der Waals surface area contributed by atoms with E-state index in [2.05, 4.69) is 5.32 Å². The second-order valence-electron chi connectivity index (χ2n) is 5.72. The van der Waals surface area contributed by atoms with Gasteiger partial charge in [0.25, 0.3) is 5.91 Å². The van der Waals surface area contributed by atoms with Gasteiger partial charge in [-0.15, -0.1) is 0 Å². The molecule has 0 saturated heterocycles. The van der Waals surface area contributed by atoms with Gasteiger partial charge in [-0.05, 0) is 43.5 Å². The van der Waals surface area contributed by atoms with E-state index in [0.29, 0.717) is 5.56 Å². The summed E-state index contributed by atoms with van der Waals surface area (Å²) in [6.07, 6.45) is 5.23. The van der Waals surface area contributed by atoms with E-state index < -0.39 is 0 Å². The lowest BCUT2D eigenvalue weighted by Crippen LogP contribution is -2.41. The van der Waals surface area contributed by atoms with E-state index in [1.165, 1.54) is 6.07 Å². The Bertz CT molecular complexity index is 453. The van der Waals surface area contributed by atoms with Gasteiger partial charge >= 0.3 is 0 Å². The first-order chi connectivity index (χ1) is 9.60. The Balaban J connectivity index is 2.08. The zero-order valence-corrected chi connectivity index (χ0v) is 11.9. The van der Waals surface area contributed by atoms with Crippen LogP contribution in [0.1, 0.15) is 48.0 Å². The quantitative estimate of drug-likeness (QED) is 0.743. The van der Waals surface area contributed by atoms with E-state index in [-0.39, 0.29) is 30.2 Å². The highest BCUT2D eigenvalue weighted by Gasteiger charge is 2.25. The third-order valence-electron chi connectivity index (χ3n) is 4.03. The molecule has 0 bridgehead atoms. The fourth-order valence-corrected chi connectivity index (χ4v) is 2.94. The number of rotatable bonds is 3. The molecule has 0 radical (unpaired) electrons. The van der Waals surface area contributed by atoms with Crippen LogP contribution in [-0.4, -0.2) is 28.8 Å². The van der Waals surface area contributed by atoms with Gasteiger partial charge in [-0.25, -0.2) is 0 Å². The van der Waals surface area contributed by atoms with Crippen molar-refractivity contribution < 1.29 is 15.0 Å². The van der Waals surface area contributed by atoms with Crippen molar-refractivity contribution in [1.29, 1.82) is 0 Å². The molecule has 0 unspecified atom stereocenters. The van der Waals surface area contributed by atoms with E-state index >= 15 is 0 Å². The van der Waals surface area contributed by atoms with E-state index in [9.17, 15) is 15.0 Å². The summed E-state index contributed by atoms with van der Waals surface area (Å²) in [7, 11) is 0. The van der Waals surface area contributed by atoms with E-state index in [0.717, 1.165) is 37.7 Å². The fourth-order valence-electron chi connectivity index (χ4n) is 2.94. The highest BCUT2D eigenvalue weighted by molar-refractivity contribution is 5.95. The van der Waals surface area contributed by atoms with Gasteiger partial charge in [0.2, 0.25) is 0 Å². The number of hydrogen-bond acceptors (Lipinski definition) is 3. The molecule has 110 valence electrons. The zero-order valence-electron chi connectivity index (χ0n) is 11.9. The maximum atomic E-state index is 12.3. The first kappa shape index (κ1) is 14.9. The van der Waals surface area contributed by atoms with Gasteiger partial charge in [0.05, 0.1) is 0 Å². The van der Waals surface area contributed by atoms with Crippen LogP contribution in [0.25, 0.3) is 0 Å². The number of aliphatic hydroxyl groups excluding tert-OH is 1. The predicted octanol–water partition coefficient (Wildman–Crippen LogP) is 2.37. The van der Waals surface area contributed by atoms with Gasteiger partial charge in [-0.2, -0.15) is 0 Å². The first-order valence-electron chi connectivity index (χ1n) is 7.32. The Labute approximate surface area is 119 Å². The summed E-state index contributed by atoms with van der Waals surface area (Å²) in [5.41, 5.74) is 1.33. The molecule has 1 aliphatic rings. The number of hydrogen-bond donors (Lipinski definition) is 3. The SMILES string of the molecule is Cc1cc(O)cc(C(=O)N[C@@H]2CCCCC[C@H]2CO)c1. The van der Waals surface area contributed by atoms with Crippen molar-refractivity contribution in [2.45, 2.75) is 45.1 Å². The summed E-state index contributed by atoms with van der Waals surface area (Å²) in [6.45, 7) is 1.96. The zero-order chi connectivity index (χ0) is 14.5. The Morgan fingerprint density at radius 3 is 2.70 bits per heavy atom. The van der Waals surface area contributed by atoms with Crippen LogP contribution < -0.4 is 5.32 Å². The molecule has 1 aliphatic carbocycles. The molecule has 4 heteroatoms. The van der Waals surface area contributed by atoms with Gasteiger partial charge in [0.1, 0.15) is 5.75 Å². The number of benzene rings is 1. The molecule has 1 fully saturated rings. The van der Waals surface area contributed by atoms with E-state index in [1.807, 2.05) is 6.92 Å². The Morgan fingerprint density at radius 2 is 2.00 bits per heavy atom. The molecular weight excluding hydrogens is 254 g/mol. The number of carbonyl (C=O) groups excluding carboxylic acids is 1. The number of aromatic hydroxyl groups is 1. The van der Waals surface area contributed by atoms with Crippen molar-refractivity contribution >= 4 is 5.91 Å². The van der Waals surface area contributed by atoms with Crippen LogP contribution in [-0.2, 0) is 0 Å². The fraction of sp³-hybridized carbons (Fsp3) is 0.562. The van der Waals surface area contributed by atoms with Crippen molar-refractivity contribution in [3.8, 4) is 5.75 Å². The molecule has 20 heavy (non-hydrogen) atoms. The molecule has 0 aliphatic heterocycles. The van der Waals surface area contributed by atoms with Crippen LogP contribution in [0.5, 0.6) is 5.75 Å². The smallest absolute Gasteiger partial charge is 0.251 e. The molecule has 1 amide bonds. The topological polar surface area (TPSA) is 69.6 Å². The molecule has 0 heterocycles. The van der Waals surface area contributed by atoms with Gasteiger partial charge < -0.3 is 15.5 Å². The minimum atomic E-state index is -0.172. The van der Waals surface area contributed by atoms with Crippen LogP contribution in [0.3, 0.4) is 0 Å². The van der Waals surface area contributed by atoms with Crippen molar-refractivity contribution in [2.75, 3.05) is 6.61 Å². The summed E-state index contributed by atoms with van der Waals surface area (Å²) in [5.74, 6) is 0.0731. The van der Waals surface area contributed by atoms with Crippen LogP contribution in [0.2, 0.25) is 0 Å². The molecule has 0 aromatic heterocycles. The highest BCUT2D eigenvalue weighted by atomic mass is 16.3. The van der Waals surface area contributed by atoms with Crippen molar-refractivity contribution in [2.24, 2.45) is 5.92 Å². The predicted molar refractivity (Wildman–Crippen MR) is 77.8 cm³/mol. The second-order valence-corrected chi connectivity index (χ2v) is 5.72.